The molecule has 5 heteroatoms. The van der Waals surface area contributed by atoms with E-state index in [-0.39, 0.29) is 0 Å². The zero-order valence-corrected chi connectivity index (χ0v) is 7.81. The average Bonchev–Trinajstić information content (AvgIpc) is 2.67. The van der Waals surface area contributed by atoms with E-state index in [4.69, 9.17) is 9.26 Å². The molecule has 1 saturated heterocycles. The molecule has 0 aliphatic carbocycles. The number of ether oxygens (including phenoxy) is 1. The van der Waals surface area contributed by atoms with Gasteiger partial charge >= 0.3 is 0 Å². The van der Waals surface area contributed by atoms with Crippen molar-refractivity contribution in [3.05, 3.63) is 17.5 Å². The van der Waals surface area contributed by atoms with Gasteiger partial charge in [-0.25, -0.2) is 0 Å². The van der Waals surface area contributed by atoms with Gasteiger partial charge in [-0.2, -0.15) is 0 Å². The van der Waals surface area contributed by atoms with Crippen molar-refractivity contribution in [1.82, 2.24) is 10.1 Å². The summed E-state index contributed by atoms with van der Waals surface area (Å²) in [4.78, 5) is 12.6. The van der Waals surface area contributed by atoms with Gasteiger partial charge in [0.1, 0.15) is 5.69 Å². The third-order valence-electron chi connectivity index (χ3n) is 2.18. The Balaban J connectivity index is 1.92. The summed E-state index contributed by atoms with van der Waals surface area (Å²) < 4.78 is 10.2. The van der Waals surface area contributed by atoms with Crippen LogP contribution in [0.1, 0.15) is 16.2 Å². The topological polar surface area (TPSA) is 55.6 Å². The highest BCUT2D eigenvalue weighted by Gasteiger charge is 2.13. The molecule has 0 spiro atoms. The second kappa shape index (κ2) is 4.34. The van der Waals surface area contributed by atoms with E-state index >= 15 is 0 Å². The minimum absolute atomic E-state index is 0.355. The number of aldehydes is 1. The maximum atomic E-state index is 10.4. The molecule has 76 valence electrons. The van der Waals surface area contributed by atoms with Gasteiger partial charge in [0.15, 0.2) is 12.0 Å². The second-order valence-electron chi connectivity index (χ2n) is 3.22. The molecule has 5 nitrogen and oxygen atoms in total. The normalized spacial score (nSPS) is 18.3. The van der Waals surface area contributed by atoms with Crippen LogP contribution in [0.4, 0.5) is 0 Å². The van der Waals surface area contributed by atoms with Crippen LogP contribution in [0.2, 0.25) is 0 Å². The third-order valence-corrected chi connectivity index (χ3v) is 2.18. The van der Waals surface area contributed by atoms with E-state index in [0.29, 0.717) is 18.5 Å². The molecule has 0 aromatic carbocycles. The van der Waals surface area contributed by atoms with Gasteiger partial charge in [0.25, 0.3) is 0 Å². The molecule has 2 heterocycles. The third kappa shape index (κ3) is 2.18. The molecule has 0 N–H and O–H groups in total. The van der Waals surface area contributed by atoms with Gasteiger partial charge in [0.05, 0.1) is 19.8 Å². The van der Waals surface area contributed by atoms with E-state index < -0.39 is 0 Å². The van der Waals surface area contributed by atoms with Crippen molar-refractivity contribution in [3.8, 4) is 0 Å². The van der Waals surface area contributed by atoms with Crippen molar-refractivity contribution in [2.24, 2.45) is 0 Å². The Morgan fingerprint density at radius 2 is 2.29 bits per heavy atom. The molecule has 1 aromatic rings. The molecule has 0 saturated carbocycles. The summed E-state index contributed by atoms with van der Waals surface area (Å²) in [5.74, 6) is 0.731. The van der Waals surface area contributed by atoms with Gasteiger partial charge < -0.3 is 9.26 Å². The monoisotopic (exact) mass is 196 g/mol. The van der Waals surface area contributed by atoms with E-state index in [1.165, 1.54) is 0 Å². The SMILES string of the molecule is O=Cc1cc(CN2CCOCC2)on1. The van der Waals surface area contributed by atoms with E-state index in [1.54, 1.807) is 6.07 Å². The Kier molecular flexibility index (Phi) is 2.90. The number of morpholine rings is 1. The Morgan fingerprint density at radius 1 is 1.50 bits per heavy atom. The maximum Gasteiger partial charge on any atom is 0.171 e. The van der Waals surface area contributed by atoms with Crippen LogP contribution < -0.4 is 0 Å². The fourth-order valence-corrected chi connectivity index (χ4v) is 1.44. The number of hydrogen-bond donors (Lipinski definition) is 0. The van der Waals surface area contributed by atoms with E-state index in [2.05, 4.69) is 10.1 Å². The van der Waals surface area contributed by atoms with Gasteiger partial charge in [0.2, 0.25) is 0 Å². The molecule has 14 heavy (non-hydrogen) atoms. The van der Waals surface area contributed by atoms with Crippen molar-refractivity contribution in [2.75, 3.05) is 26.3 Å². The fourth-order valence-electron chi connectivity index (χ4n) is 1.44. The molecule has 0 unspecified atom stereocenters. The molecular formula is C9H12N2O3. The largest absolute Gasteiger partial charge is 0.379 e. The number of carbonyl (C=O) groups is 1. The van der Waals surface area contributed by atoms with Crippen molar-refractivity contribution in [1.29, 1.82) is 0 Å². The van der Waals surface area contributed by atoms with Crippen molar-refractivity contribution in [2.45, 2.75) is 6.54 Å². The van der Waals surface area contributed by atoms with Crippen LogP contribution >= 0.6 is 0 Å². The highest BCUT2D eigenvalue weighted by molar-refractivity contribution is 5.71. The summed E-state index contributed by atoms with van der Waals surface area (Å²) in [5.41, 5.74) is 0.355. The number of aromatic nitrogens is 1. The molecule has 0 amide bonds. The van der Waals surface area contributed by atoms with Crippen LogP contribution in [0.25, 0.3) is 0 Å². The first-order valence-corrected chi connectivity index (χ1v) is 4.59. The lowest BCUT2D eigenvalue weighted by Gasteiger charge is -2.25. The van der Waals surface area contributed by atoms with Gasteiger partial charge in [-0.05, 0) is 0 Å². The van der Waals surface area contributed by atoms with E-state index in [0.717, 1.165) is 32.1 Å². The molecule has 0 radical (unpaired) electrons. The molecule has 0 bridgehead atoms. The molecule has 1 aliphatic heterocycles. The lowest BCUT2D eigenvalue weighted by molar-refractivity contribution is 0.0305. The quantitative estimate of drug-likeness (QED) is 0.651. The lowest BCUT2D eigenvalue weighted by atomic mass is 10.3. The van der Waals surface area contributed by atoms with Crippen LogP contribution in [0.3, 0.4) is 0 Å². The molecule has 1 fully saturated rings. The number of nitrogens with zero attached hydrogens (tertiary/aromatic N) is 2. The molecule has 0 atom stereocenters. The Labute approximate surface area is 81.6 Å². The first kappa shape index (κ1) is 9.36. The summed E-state index contributed by atoms with van der Waals surface area (Å²) in [6.07, 6.45) is 0.687. The highest BCUT2D eigenvalue weighted by atomic mass is 16.5. The van der Waals surface area contributed by atoms with E-state index in [9.17, 15) is 4.79 Å². The predicted octanol–water partition coefficient (Wildman–Crippen LogP) is 0.319. The van der Waals surface area contributed by atoms with Crippen LogP contribution in [-0.2, 0) is 11.3 Å². The van der Waals surface area contributed by atoms with Crippen LogP contribution in [0, 0.1) is 0 Å². The molecule has 1 aromatic heterocycles. The summed E-state index contributed by atoms with van der Waals surface area (Å²) in [5, 5.41) is 3.60. The van der Waals surface area contributed by atoms with Crippen LogP contribution in [0.15, 0.2) is 10.6 Å². The summed E-state index contributed by atoms with van der Waals surface area (Å²) in [6.45, 7) is 4.02. The standard InChI is InChI=1S/C9H12N2O3/c12-7-8-5-9(14-10-8)6-11-1-3-13-4-2-11/h5,7H,1-4,6H2. The smallest absolute Gasteiger partial charge is 0.171 e. The summed E-state index contributed by atoms with van der Waals surface area (Å²) >= 11 is 0. The van der Waals surface area contributed by atoms with Gasteiger partial charge in [-0.1, -0.05) is 5.16 Å². The van der Waals surface area contributed by atoms with Gasteiger partial charge in [0, 0.05) is 19.2 Å². The lowest BCUT2D eigenvalue weighted by Crippen LogP contribution is -2.35. The van der Waals surface area contributed by atoms with Crippen LogP contribution in [0.5, 0.6) is 0 Å². The Morgan fingerprint density at radius 3 is 2.93 bits per heavy atom. The van der Waals surface area contributed by atoms with Gasteiger partial charge in [-0.15, -0.1) is 0 Å². The summed E-state index contributed by atoms with van der Waals surface area (Å²) in [7, 11) is 0. The minimum Gasteiger partial charge on any atom is -0.379 e. The average molecular weight is 196 g/mol. The van der Waals surface area contributed by atoms with Crippen molar-refractivity contribution >= 4 is 6.29 Å². The Bertz CT molecular complexity index is 305. The molecule has 2 rings (SSSR count). The predicted molar refractivity (Wildman–Crippen MR) is 48.0 cm³/mol. The molecule has 1 aliphatic rings. The van der Waals surface area contributed by atoms with Crippen molar-refractivity contribution < 1.29 is 14.1 Å². The number of rotatable bonds is 3. The minimum atomic E-state index is 0.355. The second-order valence-corrected chi connectivity index (χ2v) is 3.22. The van der Waals surface area contributed by atoms with E-state index in [1.807, 2.05) is 0 Å². The maximum absolute atomic E-state index is 10.4. The number of carbonyl (C=O) groups excluding carboxylic acids is 1. The van der Waals surface area contributed by atoms with Crippen molar-refractivity contribution in [3.63, 3.8) is 0 Å². The zero-order valence-electron chi connectivity index (χ0n) is 7.81. The first-order valence-electron chi connectivity index (χ1n) is 4.59. The zero-order chi connectivity index (χ0) is 9.80. The molecular weight excluding hydrogens is 184 g/mol. The Hall–Kier alpha value is -1.20. The van der Waals surface area contributed by atoms with Crippen LogP contribution in [-0.4, -0.2) is 42.6 Å². The first-order chi connectivity index (χ1) is 6.88. The highest BCUT2D eigenvalue weighted by Crippen LogP contribution is 2.07. The summed E-state index contributed by atoms with van der Waals surface area (Å²) in [6, 6.07) is 1.67. The fraction of sp³-hybridized carbons (Fsp3) is 0.556. The number of hydrogen-bond acceptors (Lipinski definition) is 5. The van der Waals surface area contributed by atoms with Gasteiger partial charge in [-0.3, -0.25) is 9.69 Å².